The number of methoxy groups -OCH3 is 1. The fourth-order valence-electron chi connectivity index (χ4n) is 1.54. The van der Waals surface area contributed by atoms with E-state index in [1.807, 2.05) is 6.92 Å². The van der Waals surface area contributed by atoms with Crippen molar-refractivity contribution in [1.29, 1.82) is 0 Å². The lowest BCUT2D eigenvalue weighted by Gasteiger charge is -2.31. The Bertz CT molecular complexity index is 613. The second-order valence-corrected chi connectivity index (χ2v) is 6.65. The molecule has 0 radical (unpaired) electrons. The van der Waals surface area contributed by atoms with Crippen LogP contribution in [0, 0.1) is 5.41 Å². The number of hydrogen-bond acceptors (Lipinski definition) is 8. The van der Waals surface area contributed by atoms with Crippen molar-refractivity contribution < 1.29 is 38.1 Å². The van der Waals surface area contributed by atoms with Gasteiger partial charge >= 0.3 is 23.9 Å². The zero-order valence-electron chi connectivity index (χ0n) is 18.5. The summed E-state index contributed by atoms with van der Waals surface area (Å²) >= 11 is 0. The molecule has 8 heteroatoms. The number of carbonyl (C=O) groups is 4. The molecular formula is C22H32O8. The summed E-state index contributed by atoms with van der Waals surface area (Å²) in [6.07, 6.45) is 1.56. The molecule has 0 saturated carbocycles. The summed E-state index contributed by atoms with van der Waals surface area (Å²) in [5, 5.41) is 0. The fourth-order valence-corrected chi connectivity index (χ4v) is 1.54. The lowest BCUT2D eigenvalue weighted by atomic mass is 9.88. The summed E-state index contributed by atoms with van der Waals surface area (Å²) in [7, 11) is 1.31. The van der Waals surface area contributed by atoms with Crippen molar-refractivity contribution in [3.05, 3.63) is 49.1 Å². The van der Waals surface area contributed by atoms with Gasteiger partial charge in [0, 0.05) is 22.8 Å². The van der Waals surface area contributed by atoms with Crippen molar-refractivity contribution in [3.8, 4) is 0 Å². The number of ether oxygens (including phenoxy) is 4. The average Bonchev–Trinajstić information content (AvgIpc) is 2.72. The molecule has 0 bridgehead atoms. The Kier molecular flexibility index (Phi) is 14.3. The third-order valence-corrected chi connectivity index (χ3v) is 3.69. The van der Waals surface area contributed by atoms with Gasteiger partial charge in [0.15, 0.2) is 0 Å². The zero-order valence-corrected chi connectivity index (χ0v) is 18.5. The molecule has 0 rings (SSSR count). The van der Waals surface area contributed by atoms with Crippen LogP contribution in [0.4, 0.5) is 0 Å². The van der Waals surface area contributed by atoms with Crippen molar-refractivity contribution in [2.75, 3.05) is 26.9 Å². The van der Waals surface area contributed by atoms with Gasteiger partial charge in [-0.15, -0.1) is 0 Å². The van der Waals surface area contributed by atoms with Gasteiger partial charge in [0.05, 0.1) is 12.5 Å². The van der Waals surface area contributed by atoms with Crippen LogP contribution in [0.5, 0.6) is 0 Å². The summed E-state index contributed by atoms with van der Waals surface area (Å²) < 4.78 is 19.7. The first kappa shape index (κ1) is 29.0. The van der Waals surface area contributed by atoms with Crippen LogP contribution in [0.3, 0.4) is 0 Å². The Hall–Kier alpha value is -3.16. The SMILES string of the molecule is C=C(C)C(=O)OCC(CC)(COC(=O)C(=C)C)COC(=O)C(=C)C.C=CC(=O)OC. The van der Waals surface area contributed by atoms with Crippen LogP contribution in [0.25, 0.3) is 0 Å². The molecule has 0 aliphatic heterocycles. The van der Waals surface area contributed by atoms with Crippen LogP contribution in [-0.4, -0.2) is 50.8 Å². The molecule has 0 saturated heterocycles. The van der Waals surface area contributed by atoms with Crippen LogP contribution >= 0.6 is 0 Å². The molecule has 0 aliphatic carbocycles. The summed E-state index contributed by atoms with van der Waals surface area (Å²) in [5.74, 6) is -2.09. The third kappa shape index (κ3) is 12.3. The van der Waals surface area contributed by atoms with Crippen molar-refractivity contribution in [2.45, 2.75) is 34.1 Å². The van der Waals surface area contributed by atoms with E-state index in [-0.39, 0.29) is 36.5 Å². The van der Waals surface area contributed by atoms with Gasteiger partial charge in [-0.05, 0) is 27.2 Å². The zero-order chi connectivity index (χ0) is 23.9. The Morgan fingerprint density at radius 3 is 1.20 bits per heavy atom. The highest BCUT2D eigenvalue weighted by Gasteiger charge is 2.34. The van der Waals surface area contributed by atoms with E-state index in [4.69, 9.17) is 14.2 Å². The Balaban J connectivity index is 0. The van der Waals surface area contributed by atoms with E-state index in [2.05, 4.69) is 31.1 Å². The van der Waals surface area contributed by atoms with E-state index in [9.17, 15) is 19.2 Å². The Morgan fingerprint density at radius 2 is 1.07 bits per heavy atom. The summed E-state index contributed by atoms with van der Waals surface area (Å²) in [5.41, 5.74) is -0.116. The summed E-state index contributed by atoms with van der Waals surface area (Å²) in [6.45, 7) is 19.8. The largest absolute Gasteiger partial charge is 0.466 e. The molecule has 0 atom stereocenters. The molecule has 0 aromatic heterocycles. The van der Waals surface area contributed by atoms with Crippen LogP contribution in [0.1, 0.15) is 34.1 Å². The standard InChI is InChI=1S/C18H26O6.C4H6O2/c1-8-18(9-22-15(19)12(2)3,10-23-16(20)13(4)5)11-24-17(21)14(6)7;1-3-4(5)6-2/h2,4,6,8-11H2,1,3,5,7H3;3H,1H2,2H3. The normalized spacial score (nSPS) is 9.77. The Labute approximate surface area is 178 Å². The quantitative estimate of drug-likeness (QED) is 0.283. The van der Waals surface area contributed by atoms with Gasteiger partial charge < -0.3 is 18.9 Å². The van der Waals surface area contributed by atoms with Crippen molar-refractivity contribution in [1.82, 2.24) is 0 Å². The molecule has 0 heterocycles. The van der Waals surface area contributed by atoms with Crippen molar-refractivity contribution >= 4 is 23.9 Å². The van der Waals surface area contributed by atoms with E-state index in [1.165, 1.54) is 27.9 Å². The molecule has 168 valence electrons. The lowest BCUT2D eigenvalue weighted by Crippen LogP contribution is -2.39. The van der Waals surface area contributed by atoms with Gasteiger partial charge in [0.25, 0.3) is 0 Å². The molecular weight excluding hydrogens is 392 g/mol. The molecule has 0 fully saturated rings. The van der Waals surface area contributed by atoms with Gasteiger partial charge in [-0.3, -0.25) is 0 Å². The van der Waals surface area contributed by atoms with Gasteiger partial charge in [-0.1, -0.05) is 33.2 Å². The van der Waals surface area contributed by atoms with Crippen LogP contribution < -0.4 is 0 Å². The van der Waals surface area contributed by atoms with Crippen LogP contribution in [0.2, 0.25) is 0 Å². The molecule has 0 aromatic rings. The van der Waals surface area contributed by atoms with Crippen LogP contribution in [-0.2, 0) is 38.1 Å². The van der Waals surface area contributed by atoms with Gasteiger partial charge in [0.1, 0.15) is 19.8 Å². The maximum Gasteiger partial charge on any atom is 0.333 e. The second-order valence-electron chi connectivity index (χ2n) is 6.65. The van der Waals surface area contributed by atoms with Crippen molar-refractivity contribution in [2.24, 2.45) is 5.41 Å². The monoisotopic (exact) mass is 424 g/mol. The molecule has 30 heavy (non-hydrogen) atoms. The smallest absolute Gasteiger partial charge is 0.333 e. The molecule has 0 unspecified atom stereocenters. The van der Waals surface area contributed by atoms with Gasteiger partial charge in [-0.25, -0.2) is 19.2 Å². The lowest BCUT2D eigenvalue weighted by molar-refractivity contribution is -0.157. The van der Waals surface area contributed by atoms with Crippen LogP contribution in [0.15, 0.2) is 49.1 Å². The topological polar surface area (TPSA) is 105 Å². The minimum absolute atomic E-state index is 0.0812. The highest BCUT2D eigenvalue weighted by molar-refractivity contribution is 5.88. The van der Waals surface area contributed by atoms with E-state index < -0.39 is 29.3 Å². The maximum atomic E-state index is 11.6. The molecule has 0 amide bonds. The summed E-state index contributed by atoms with van der Waals surface area (Å²) in [6, 6.07) is 0. The number of hydrogen-bond donors (Lipinski definition) is 0. The van der Waals surface area contributed by atoms with Gasteiger partial charge in [0.2, 0.25) is 0 Å². The highest BCUT2D eigenvalue weighted by Crippen LogP contribution is 2.25. The molecule has 0 N–H and O–H groups in total. The molecule has 0 spiro atoms. The Morgan fingerprint density at radius 1 is 0.767 bits per heavy atom. The summed E-state index contributed by atoms with van der Waals surface area (Å²) in [4.78, 5) is 44.7. The minimum Gasteiger partial charge on any atom is -0.466 e. The molecule has 8 nitrogen and oxygen atoms in total. The number of carbonyl (C=O) groups excluding carboxylic acids is 4. The first-order chi connectivity index (χ1) is 13.9. The number of rotatable bonds is 11. The van der Waals surface area contributed by atoms with E-state index in [0.29, 0.717) is 6.42 Å². The molecule has 0 aromatic carbocycles. The average molecular weight is 424 g/mol. The maximum absolute atomic E-state index is 11.6. The fraction of sp³-hybridized carbons (Fsp3) is 0.455. The van der Waals surface area contributed by atoms with Crippen molar-refractivity contribution in [3.63, 3.8) is 0 Å². The second kappa shape index (κ2) is 14.8. The van der Waals surface area contributed by atoms with E-state index in [0.717, 1.165) is 6.08 Å². The first-order valence-corrected chi connectivity index (χ1v) is 9.04. The number of esters is 4. The molecule has 0 aliphatic rings. The van der Waals surface area contributed by atoms with E-state index >= 15 is 0 Å². The van der Waals surface area contributed by atoms with E-state index in [1.54, 1.807) is 0 Å². The highest BCUT2D eigenvalue weighted by atomic mass is 16.6. The third-order valence-electron chi connectivity index (χ3n) is 3.69. The predicted molar refractivity (Wildman–Crippen MR) is 112 cm³/mol. The first-order valence-electron chi connectivity index (χ1n) is 9.04. The van der Waals surface area contributed by atoms with Gasteiger partial charge in [-0.2, -0.15) is 0 Å². The minimum atomic E-state index is -0.860. The predicted octanol–water partition coefficient (Wildman–Crippen LogP) is 3.09.